The van der Waals surface area contributed by atoms with Gasteiger partial charge in [-0.25, -0.2) is 9.59 Å². The zero-order valence-corrected chi connectivity index (χ0v) is 11.8. The third kappa shape index (κ3) is 4.19. The van der Waals surface area contributed by atoms with E-state index >= 15 is 0 Å². The molecule has 114 valence electrons. The van der Waals surface area contributed by atoms with Crippen LogP contribution in [0, 0.1) is 5.92 Å². The molecule has 1 aromatic carbocycles. The van der Waals surface area contributed by atoms with E-state index in [9.17, 15) is 9.59 Å². The number of amides is 2. The molecule has 1 atom stereocenters. The van der Waals surface area contributed by atoms with Gasteiger partial charge in [0.1, 0.15) is 0 Å². The van der Waals surface area contributed by atoms with Crippen LogP contribution in [0.3, 0.4) is 0 Å². The molecule has 1 unspecified atom stereocenters. The van der Waals surface area contributed by atoms with Crippen LogP contribution in [0.4, 0.5) is 4.79 Å². The number of aromatic carboxylic acids is 1. The lowest BCUT2D eigenvalue weighted by Crippen LogP contribution is -2.38. The number of aliphatic hydroxyl groups excluding tert-OH is 1. The van der Waals surface area contributed by atoms with Crippen molar-refractivity contribution in [2.24, 2.45) is 5.92 Å². The first-order chi connectivity index (χ1) is 10.1. The molecule has 1 fully saturated rings. The van der Waals surface area contributed by atoms with Crippen LogP contribution in [0.15, 0.2) is 24.3 Å². The number of benzene rings is 1. The van der Waals surface area contributed by atoms with E-state index in [2.05, 4.69) is 5.32 Å². The molecule has 0 saturated carbocycles. The molecule has 6 heteroatoms. The minimum atomic E-state index is -0.977. The summed E-state index contributed by atoms with van der Waals surface area (Å²) in [7, 11) is 0. The Morgan fingerprint density at radius 2 is 2.19 bits per heavy atom. The van der Waals surface area contributed by atoms with E-state index in [1.54, 1.807) is 23.1 Å². The maximum absolute atomic E-state index is 12.0. The monoisotopic (exact) mass is 292 g/mol. The normalized spacial score (nSPS) is 17.8. The van der Waals surface area contributed by atoms with Crippen molar-refractivity contribution in [3.05, 3.63) is 35.4 Å². The van der Waals surface area contributed by atoms with Gasteiger partial charge in [0.05, 0.1) is 5.56 Å². The van der Waals surface area contributed by atoms with Gasteiger partial charge in [-0.1, -0.05) is 12.1 Å². The molecular weight excluding hydrogens is 272 g/mol. The molecule has 0 aliphatic carbocycles. The van der Waals surface area contributed by atoms with Crippen molar-refractivity contribution in [2.75, 3.05) is 19.7 Å². The van der Waals surface area contributed by atoms with Gasteiger partial charge in [-0.15, -0.1) is 0 Å². The second-order valence-corrected chi connectivity index (χ2v) is 5.28. The summed E-state index contributed by atoms with van der Waals surface area (Å²) in [6, 6.07) is 6.38. The fourth-order valence-corrected chi connectivity index (χ4v) is 2.54. The molecule has 0 radical (unpaired) electrons. The topological polar surface area (TPSA) is 89.9 Å². The Bertz CT molecular complexity index is 518. The zero-order chi connectivity index (χ0) is 15.2. The fourth-order valence-electron chi connectivity index (χ4n) is 2.54. The first-order valence-corrected chi connectivity index (χ1v) is 7.06. The lowest BCUT2D eigenvalue weighted by Gasteiger charge is -2.17. The Morgan fingerprint density at radius 3 is 2.90 bits per heavy atom. The first kappa shape index (κ1) is 15.3. The lowest BCUT2D eigenvalue weighted by atomic mass is 10.1. The summed E-state index contributed by atoms with van der Waals surface area (Å²) in [6.07, 6.45) is 1.65. The Morgan fingerprint density at radius 1 is 1.38 bits per heavy atom. The molecule has 0 bridgehead atoms. The van der Waals surface area contributed by atoms with Gasteiger partial charge in [0.15, 0.2) is 0 Å². The third-order valence-electron chi connectivity index (χ3n) is 3.73. The van der Waals surface area contributed by atoms with Crippen molar-refractivity contribution in [3.63, 3.8) is 0 Å². The highest BCUT2D eigenvalue weighted by molar-refractivity contribution is 5.87. The van der Waals surface area contributed by atoms with Gasteiger partial charge in [0.25, 0.3) is 0 Å². The van der Waals surface area contributed by atoms with Crippen molar-refractivity contribution in [2.45, 2.75) is 19.4 Å². The van der Waals surface area contributed by atoms with Crippen LogP contribution in [-0.2, 0) is 6.54 Å². The number of nitrogens with zero attached hydrogens (tertiary/aromatic N) is 1. The molecule has 1 aliphatic rings. The highest BCUT2D eigenvalue weighted by atomic mass is 16.4. The van der Waals surface area contributed by atoms with Gasteiger partial charge in [-0.05, 0) is 36.5 Å². The molecule has 1 aromatic rings. The largest absolute Gasteiger partial charge is 0.478 e. The van der Waals surface area contributed by atoms with Crippen LogP contribution in [0.5, 0.6) is 0 Å². The first-order valence-electron chi connectivity index (χ1n) is 7.06. The van der Waals surface area contributed by atoms with Gasteiger partial charge in [-0.3, -0.25) is 0 Å². The van der Waals surface area contributed by atoms with Gasteiger partial charge < -0.3 is 20.4 Å². The van der Waals surface area contributed by atoms with E-state index < -0.39 is 5.97 Å². The van der Waals surface area contributed by atoms with Gasteiger partial charge in [-0.2, -0.15) is 0 Å². The number of carbonyl (C=O) groups excluding carboxylic acids is 1. The summed E-state index contributed by atoms with van der Waals surface area (Å²) in [6.45, 7) is 1.83. The van der Waals surface area contributed by atoms with Gasteiger partial charge in [0.2, 0.25) is 0 Å². The van der Waals surface area contributed by atoms with Gasteiger partial charge >= 0.3 is 12.0 Å². The van der Waals surface area contributed by atoms with Crippen LogP contribution in [0.1, 0.15) is 28.8 Å². The second-order valence-electron chi connectivity index (χ2n) is 5.28. The Balaban J connectivity index is 1.84. The summed E-state index contributed by atoms with van der Waals surface area (Å²) in [4.78, 5) is 24.6. The highest BCUT2D eigenvalue weighted by Gasteiger charge is 2.25. The summed E-state index contributed by atoms with van der Waals surface area (Å²) < 4.78 is 0. The van der Waals surface area contributed by atoms with Crippen LogP contribution >= 0.6 is 0 Å². The maximum atomic E-state index is 12.0. The number of aliphatic hydroxyl groups is 1. The number of carbonyl (C=O) groups is 2. The average Bonchev–Trinajstić information content (AvgIpc) is 2.94. The quantitative estimate of drug-likeness (QED) is 0.763. The Kier molecular flexibility index (Phi) is 5.16. The van der Waals surface area contributed by atoms with Crippen molar-refractivity contribution in [3.8, 4) is 0 Å². The van der Waals surface area contributed by atoms with E-state index in [0.717, 1.165) is 18.4 Å². The molecule has 1 aliphatic heterocycles. The molecule has 0 aromatic heterocycles. The smallest absolute Gasteiger partial charge is 0.335 e. The fraction of sp³-hybridized carbons (Fsp3) is 0.467. The van der Waals surface area contributed by atoms with E-state index in [1.165, 1.54) is 6.07 Å². The summed E-state index contributed by atoms with van der Waals surface area (Å²) >= 11 is 0. The molecule has 2 rings (SSSR count). The molecule has 0 spiro atoms. The minimum absolute atomic E-state index is 0.142. The van der Waals surface area contributed by atoms with Crippen LogP contribution < -0.4 is 5.32 Å². The predicted molar refractivity (Wildman–Crippen MR) is 77.0 cm³/mol. The van der Waals surface area contributed by atoms with Crippen LogP contribution in [0.2, 0.25) is 0 Å². The predicted octanol–water partition coefficient (Wildman–Crippen LogP) is 1.30. The second kappa shape index (κ2) is 7.08. The SMILES string of the molecule is O=C(O)c1cccc(CNC(=O)N2CCC(CCO)C2)c1. The number of likely N-dealkylation sites (tertiary alicyclic amines) is 1. The lowest BCUT2D eigenvalue weighted by molar-refractivity contribution is 0.0696. The standard InChI is InChI=1S/C15H20N2O4/c18-7-5-11-4-6-17(10-11)15(21)16-9-12-2-1-3-13(8-12)14(19)20/h1-3,8,11,18H,4-7,9-10H2,(H,16,21)(H,19,20). The van der Waals surface area contributed by atoms with Crippen LogP contribution in [0.25, 0.3) is 0 Å². The van der Waals surface area contributed by atoms with Crippen molar-refractivity contribution < 1.29 is 19.8 Å². The highest BCUT2D eigenvalue weighted by Crippen LogP contribution is 2.19. The Hall–Kier alpha value is -2.08. The van der Waals surface area contributed by atoms with Crippen molar-refractivity contribution in [1.82, 2.24) is 10.2 Å². The number of carboxylic acid groups (broad SMARTS) is 1. The molecule has 2 amide bonds. The Labute approximate surface area is 123 Å². The molecule has 6 nitrogen and oxygen atoms in total. The van der Waals surface area contributed by atoms with E-state index in [1.807, 2.05) is 0 Å². The minimum Gasteiger partial charge on any atom is -0.478 e. The van der Waals surface area contributed by atoms with E-state index in [0.29, 0.717) is 25.6 Å². The summed E-state index contributed by atoms with van der Waals surface area (Å²) in [5.74, 6) is -0.606. The van der Waals surface area contributed by atoms with Gasteiger partial charge in [0, 0.05) is 26.2 Å². The molecule has 3 N–H and O–H groups in total. The van der Waals surface area contributed by atoms with Crippen molar-refractivity contribution >= 4 is 12.0 Å². The summed E-state index contributed by atoms with van der Waals surface area (Å²) in [5, 5.41) is 20.6. The van der Waals surface area contributed by atoms with E-state index in [-0.39, 0.29) is 18.2 Å². The molecular formula is C15H20N2O4. The number of rotatable bonds is 5. The van der Waals surface area contributed by atoms with E-state index in [4.69, 9.17) is 10.2 Å². The third-order valence-corrected chi connectivity index (χ3v) is 3.73. The molecule has 1 heterocycles. The number of urea groups is 1. The summed E-state index contributed by atoms with van der Waals surface area (Å²) in [5.41, 5.74) is 0.972. The number of hydrogen-bond donors (Lipinski definition) is 3. The van der Waals surface area contributed by atoms with Crippen LogP contribution in [-0.4, -0.2) is 46.8 Å². The number of carboxylic acids is 1. The number of nitrogens with one attached hydrogen (secondary N) is 1. The zero-order valence-electron chi connectivity index (χ0n) is 11.8. The maximum Gasteiger partial charge on any atom is 0.335 e. The molecule has 21 heavy (non-hydrogen) atoms. The molecule has 1 saturated heterocycles. The van der Waals surface area contributed by atoms with Crippen molar-refractivity contribution in [1.29, 1.82) is 0 Å². The average molecular weight is 292 g/mol. The number of hydrogen-bond acceptors (Lipinski definition) is 3.